The first-order valence-electron chi connectivity index (χ1n) is 11.2. The van der Waals surface area contributed by atoms with Crippen molar-refractivity contribution in [3.8, 4) is 0 Å². The molecule has 7 heteroatoms. The molecule has 0 saturated carbocycles. The summed E-state index contributed by atoms with van der Waals surface area (Å²) in [7, 11) is 0. The highest BCUT2D eigenvalue weighted by atomic mass is 16.2. The zero-order chi connectivity index (χ0) is 24.0. The van der Waals surface area contributed by atoms with E-state index in [0.29, 0.717) is 24.7 Å². The lowest BCUT2D eigenvalue weighted by molar-refractivity contribution is 0.102. The van der Waals surface area contributed by atoms with Crippen LogP contribution >= 0.6 is 0 Å². The molecule has 2 aromatic heterocycles. The van der Waals surface area contributed by atoms with Gasteiger partial charge < -0.3 is 15.2 Å². The molecule has 0 unspecified atom stereocenters. The molecule has 0 saturated heterocycles. The Labute approximate surface area is 202 Å². The molecule has 2 N–H and O–H groups in total. The smallest absolute Gasteiger partial charge is 0.263 e. The summed E-state index contributed by atoms with van der Waals surface area (Å²) in [6.07, 6.45) is 3.47. The Morgan fingerprint density at radius 2 is 1.66 bits per heavy atom. The fourth-order valence-corrected chi connectivity index (χ4v) is 3.81. The van der Waals surface area contributed by atoms with Crippen molar-refractivity contribution in [3.63, 3.8) is 0 Å². The molecule has 0 spiro atoms. The number of hydrogen-bond acceptors (Lipinski definition) is 5. The van der Waals surface area contributed by atoms with Gasteiger partial charge in [0.1, 0.15) is 5.56 Å². The maximum Gasteiger partial charge on any atom is 0.263 e. The molecular weight excluding hydrogens is 438 g/mol. The average Bonchev–Trinajstić information content (AvgIpc) is 2.89. The Morgan fingerprint density at radius 3 is 2.54 bits per heavy atom. The Balaban J connectivity index is 1.27. The van der Waals surface area contributed by atoms with Crippen LogP contribution in [0.1, 0.15) is 21.5 Å². The summed E-state index contributed by atoms with van der Waals surface area (Å²) in [5, 5.41) is 7.04. The molecule has 35 heavy (non-hydrogen) atoms. The minimum Gasteiger partial charge on any atom is -0.350 e. The van der Waals surface area contributed by atoms with E-state index in [1.54, 1.807) is 30.6 Å². The van der Waals surface area contributed by atoms with Gasteiger partial charge >= 0.3 is 0 Å². The lowest BCUT2D eigenvalue weighted by Crippen LogP contribution is -2.29. The van der Waals surface area contributed by atoms with Gasteiger partial charge in [0, 0.05) is 30.0 Å². The Hall–Kier alpha value is -4.78. The van der Waals surface area contributed by atoms with Crippen LogP contribution in [0.4, 0.5) is 11.6 Å². The maximum absolute atomic E-state index is 12.9. The normalized spacial score (nSPS) is 10.7. The lowest BCUT2D eigenvalue weighted by atomic mass is 10.2. The third kappa shape index (κ3) is 5.25. The number of nitrogens with zero attached hydrogens (tertiary/aromatic N) is 3. The number of carbonyl (C=O) groups excluding carboxylic acids is 1. The van der Waals surface area contributed by atoms with Gasteiger partial charge in [-0.15, -0.1) is 0 Å². The monoisotopic (exact) mass is 461 g/mol. The predicted molar refractivity (Wildman–Crippen MR) is 138 cm³/mol. The van der Waals surface area contributed by atoms with E-state index >= 15 is 0 Å². The summed E-state index contributed by atoms with van der Waals surface area (Å²) in [6.45, 7) is 0.885. The number of anilines is 2. The Kier molecular flexibility index (Phi) is 6.30. The first kappa shape index (κ1) is 22.0. The van der Waals surface area contributed by atoms with Crippen LogP contribution in [0.25, 0.3) is 10.9 Å². The second kappa shape index (κ2) is 10.0. The summed E-state index contributed by atoms with van der Waals surface area (Å²) in [4.78, 5) is 34.7. The highest BCUT2D eigenvalue weighted by Crippen LogP contribution is 2.15. The molecule has 5 aromatic rings. The fourth-order valence-electron chi connectivity index (χ4n) is 3.81. The third-order valence-corrected chi connectivity index (χ3v) is 5.59. The van der Waals surface area contributed by atoms with Crippen molar-refractivity contribution in [1.29, 1.82) is 0 Å². The first-order valence-corrected chi connectivity index (χ1v) is 11.2. The lowest BCUT2D eigenvalue weighted by Gasteiger charge is -2.10. The van der Waals surface area contributed by atoms with E-state index in [9.17, 15) is 9.59 Å². The van der Waals surface area contributed by atoms with Crippen molar-refractivity contribution in [2.45, 2.75) is 13.1 Å². The highest BCUT2D eigenvalue weighted by Gasteiger charge is 2.13. The molecule has 0 fully saturated rings. The van der Waals surface area contributed by atoms with Gasteiger partial charge in [0.2, 0.25) is 5.95 Å². The van der Waals surface area contributed by atoms with Gasteiger partial charge in [-0.3, -0.25) is 9.59 Å². The summed E-state index contributed by atoms with van der Waals surface area (Å²) < 4.78 is 1.54. The van der Waals surface area contributed by atoms with E-state index in [0.717, 1.165) is 22.0 Å². The van der Waals surface area contributed by atoms with Crippen molar-refractivity contribution < 1.29 is 4.79 Å². The van der Waals surface area contributed by atoms with Crippen LogP contribution in [0, 0.1) is 0 Å². The second-order valence-corrected chi connectivity index (χ2v) is 8.10. The number of pyridine rings is 1. The number of fused-ring (bicyclic) bond motifs is 1. The topological polar surface area (TPSA) is 88.9 Å². The van der Waals surface area contributed by atoms with Crippen molar-refractivity contribution in [1.82, 2.24) is 14.5 Å². The molecule has 0 bridgehead atoms. The summed E-state index contributed by atoms with van der Waals surface area (Å²) in [5.74, 6) is 0.0850. The van der Waals surface area contributed by atoms with E-state index in [2.05, 4.69) is 20.6 Å². The van der Waals surface area contributed by atoms with E-state index in [-0.39, 0.29) is 11.1 Å². The van der Waals surface area contributed by atoms with Crippen LogP contribution in [0.2, 0.25) is 0 Å². The molecule has 172 valence electrons. The molecular formula is C28H23N5O2. The molecule has 0 atom stereocenters. The highest BCUT2D eigenvalue weighted by molar-refractivity contribution is 6.04. The number of nitrogens with one attached hydrogen (secondary N) is 2. The number of rotatable bonds is 7. The fraction of sp³-hybridized carbons (Fsp3) is 0.0714. The van der Waals surface area contributed by atoms with E-state index < -0.39 is 5.91 Å². The van der Waals surface area contributed by atoms with Crippen molar-refractivity contribution in [2.24, 2.45) is 0 Å². The van der Waals surface area contributed by atoms with Crippen LogP contribution in [-0.4, -0.2) is 20.4 Å². The minimum atomic E-state index is -0.444. The first-order chi connectivity index (χ1) is 17.2. The number of benzene rings is 3. The van der Waals surface area contributed by atoms with Crippen molar-refractivity contribution >= 4 is 28.4 Å². The number of para-hydroxylation sites is 1. The van der Waals surface area contributed by atoms with Gasteiger partial charge in [-0.1, -0.05) is 60.7 Å². The van der Waals surface area contributed by atoms with Crippen LogP contribution in [0.15, 0.2) is 108 Å². The standard InChI is InChI=1S/C28H23N5O2/c34-26(24-13-7-15-33(27(24)35)19-20-8-2-1-3-9-20)31-23-12-6-10-21(16-23)17-29-28-30-18-22-11-4-5-14-25(22)32-28/h1-16,18H,17,19H2,(H,31,34)(H,29,30,32). The van der Waals surface area contributed by atoms with E-state index in [1.165, 1.54) is 4.57 Å². The second-order valence-electron chi connectivity index (χ2n) is 8.10. The van der Waals surface area contributed by atoms with Gasteiger partial charge in [-0.25, -0.2) is 9.97 Å². The van der Waals surface area contributed by atoms with Crippen LogP contribution in [0.5, 0.6) is 0 Å². The zero-order valence-corrected chi connectivity index (χ0v) is 18.9. The maximum atomic E-state index is 12.9. The third-order valence-electron chi connectivity index (χ3n) is 5.59. The quantitative estimate of drug-likeness (QED) is 0.367. The van der Waals surface area contributed by atoms with Crippen LogP contribution < -0.4 is 16.2 Å². The average molecular weight is 462 g/mol. The van der Waals surface area contributed by atoms with Crippen molar-refractivity contribution in [2.75, 3.05) is 10.6 Å². The molecule has 0 aliphatic carbocycles. The van der Waals surface area contributed by atoms with Crippen LogP contribution in [0.3, 0.4) is 0 Å². The number of amides is 1. The molecule has 1 amide bonds. The summed E-state index contributed by atoms with van der Waals surface area (Å²) >= 11 is 0. The van der Waals surface area contributed by atoms with Crippen LogP contribution in [-0.2, 0) is 13.1 Å². The van der Waals surface area contributed by atoms with Gasteiger partial charge in [0.25, 0.3) is 11.5 Å². The SMILES string of the molecule is O=C(Nc1cccc(CNc2ncc3ccccc3n2)c1)c1cccn(Cc2ccccc2)c1=O. The number of carbonyl (C=O) groups is 1. The van der Waals surface area contributed by atoms with E-state index in [4.69, 9.17) is 0 Å². The van der Waals surface area contributed by atoms with Crippen molar-refractivity contribution in [3.05, 3.63) is 130 Å². The summed E-state index contributed by atoms with van der Waals surface area (Å²) in [5.41, 5.74) is 3.16. The molecule has 0 radical (unpaired) electrons. The number of hydrogen-bond donors (Lipinski definition) is 2. The van der Waals surface area contributed by atoms with Gasteiger partial charge in [-0.05, 0) is 41.5 Å². The zero-order valence-electron chi connectivity index (χ0n) is 18.9. The molecule has 0 aliphatic rings. The molecule has 7 nitrogen and oxygen atoms in total. The van der Waals surface area contributed by atoms with Gasteiger partial charge in [0.05, 0.1) is 12.1 Å². The summed E-state index contributed by atoms with van der Waals surface area (Å²) in [6, 6.07) is 28.2. The van der Waals surface area contributed by atoms with E-state index in [1.807, 2.05) is 72.8 Å². The molecule has 5 rings (SSSR count). The predicted octanol–water partition coefficient (Wildman–Crippen LogP) is 4.70. The van der Waals surface area contributed by atoms with Gasteiger partial charge in [-0.2, -0.15) is 0 Å². The molecule has 3 aromatic carbocycles. The Morgan fingerprint density at radius 1 is 0.857 bits per heavy atom. The Bertz CT molecular complexity index is 1550. The molecule has 2 heterocycles. The molecule has 0 aliphatic heterocycles. The van der Waals surface area contributed by atoms with Gasteiger partial charge in [0.15, 0.2) is 0 Å². The largest absolute Gasteiger partial charge is 0.350 e. The minimum absolute atomic E-state index is 0.0940. The number of aromatic nitrogens is 3.